The van der Waals surface area contributed by atoms with Gasteiger partial charge in [-0.3, -0.25) is 0 Å². The minimum atomic E-state index is -2.83. The Morgan fingerprint density at radius 1 is 0.677 bits per heavy atom. The van der Waals surface area contributed by atoms with Gasteiger partial charge in [-0.1, -0.05) is 0 Å². The van der Waals surface area contributed by atoms with Crippen molar-refractivity contribution in [3.63, 3.8) is 0 Å². The van der Waals surface area contributed by atoms with Gasteiger partial charge in [0, 0.05) is 0 Å². The molecule has 4 aromatic rings. The van der Waals surface area contributed by atoms with Crippen molar-refractivity contribution in [3.8, 4) is 0 Å². The van der Waals surface area contributed by atoms with Crippen molar-refractivity contribution in [2.75, 3.05) is 5.49 Å². The summed E-state index contributed by atoms with van der Waals surface area (Å²) in [6, 6.07) is 40.6. The van der Waals surface area contributed by atoms with Crippen molar-refractivity contribution in [2.45, 2.75) is 0 Å². The zero-order chi connectivity index (χ0) is 21.8. The van der Waals surface area contributed by atoms with E-state index >= 15 is 0 Å². The van der Waals surface area contributed by atoms with E-state index in [0.29, 0.717) is 0 Å². The van der Waals surface area contributed by atoms with Crippen LogP contribution in [0.2, 0.25) is 5.02 Å². The third kappa shape index (κ3) is 4.49. The molecule has 0 N–H and O–H groups in total. The van der Waals surface area contributed by atoms with Crippen LogP contribution in [0.4, 0.5) is 0 Å². The van der Waals surface area contributed by atoms with Crippen LogP contribution in [0, 0.1) is 0 Å². The van der Waals surface area contributed by atoms with Gasteiger partial charge in [0.05, 0.1) is 0 Å². The van der Waals surface area contributed by atoms with E-state index in [9.17, 15) is 0 Å². The molecule has 0 aromatic heterocycles. The minimum absolute atomic E-state index is 0.725. The molecule has 0 radical (unpaired) electrons. The number of thioether (sulfide) groups is 1. The van der Waals surface area contributed by atoms with E-state index in [1.807, 2.05) is 24.3 Å². The van der Waals surface area contributed by atoms with Gasteiger partial charge in [-0.15, -0.1) is 0 Å². The van der Waals surface area contributed by atoms with Crippen LogP contribution in [-0.2, 0) is 0 Å². The van der Waals surface area contributed by atoms with Crippen molar-refractivity contribution < 1.29 is 0 Å². The molecule has 31 heavy (non-hydrogen) atoms. The first kappa shape index (κ1) is 22.9. The molecule has 0 aliphatic heterocycles. The van der Waals surface area contributed by atoms with Gasteiger partial charge in [0.25, 0.3) is 0 Å². The summed E-state index contributed by atoms with van der Waals surface area (Å²) in [5, 5.41) is 4.80. The monoisotopic (exact) mass is 590 g/mol. The molecule has 0 bridgehead atoms. The van der Waals surface area contributed by atoms with Crippen molar-refractivity contribution >= 4 is 82.0 Å². The zero-order valence-corrected chi connectivity index (χ0v) is 22.1. The van der Waals surface area contributed by atoms with Gasteiger partial charge in [-0.25, -0.2) is 0 Å². The molecule has 0 saturated heterocycles. The van der Waals surface area contributed by atoms with E-state index in [2.05, 4.69) is 113 Å². The van der Waals surface area contributed by atoms with E-state index in [0.717, 1.165) is 20.3 Å². The second-order valence-electron chi connectivity index (χ2n) is 7.26. The van der Waals surface area contributed by atoms with E-state index in [1.54, 1.807) is 11.8 Å². The predicted octanol–water partition coefficient (Wildman–Crippen LogP) is 7.59. The summed E-state index contributed by atoms with van der Waals surface area (Å²) in [7, 11) is 0. The van der Waals surface area contributed by atoms with Gasteiger partial charge in [-0.2, -0.15) is 0 Å². The van der Waals surface area contributed by atoms with Crippen molar-refractivity contribution in [3.05, 3.63) is 126 Å². The number of halogens is 2. The molecule has 0 fully saturated rings. The maximum absolute atomic E-state index is 6.08. The van der Waals surface area contributed by atoms with Crippen molar-refractivity contribution in [1.29, 1.82) is 0 Å². The quantitative estimate of drug-likeness (QED) is 0.129. The number of rotatable bonds is 6. The van der Waals surface area contributed by atoms with E-state index in [1.165, 1.54) is 15.9 Å². The molecule has 0 saturated carbocycles. The number of hydrogen-bond acceptors (Lipinski definition) is 2. The standard InChI is InChI=1S/C26H21ClIPS2/c27-22-18-16-21(17-19-22)26(30)31-20-29(28,23-10-4-1-5-11-23,24-12-6-2-7-13-24)25-14-8-3-9-15-25/h1-19H,20H2. The van der Waals surface area contributed by atoms with Gasteiger partial charge in [0.15, 0.2) is 0 Å². The Bertz CT molecular complexity index is 1070. The summed E-state index contributed by atoms with van der Waals surface area (Å²) >= 11 is 16.5. The second-order valence-corrected chi connectivity index (χ2v) is 20.4. The third-order valence-electron chi connectivity index (χ3n) is 5.40. The Kier molecular flexibility index (Phi) is 7.20. The van der Waals surface area contributed by atoms with Crippen LogP contribution in [-0.4, -0.2) is 9.69 Å². The number of benzene rings is 4. The Balaban J connectivity index is 1.88. The Morgan fingerprint density at radius 3 is 1.45 bits per heavy atom. The average Bonchev–Trinajstić information content (AvgIpc) is 2.84. The molecule has 0 aliphatic rings. The fourth-order valence-electron chi connectivity index (χ4n) is 3.74. The molecule has 4 aromatic carbocycles. The molecule has 0 nitrogen and oxygen atoms in total. The van der Waals surface area contributed by atoms with Crippen LogP contribution >= 0.6 is 61.9 Å². The topological polar surface area (TPSA) is 0 Å². The second kappa shape index (κ2) is 9.72. The normalized spacial score (nSPS) is 12.6. The summed E-state index contributed by atoms with van der Waals surface area (Å²) in [4.78, 5) is 0. The van der Waals surface area contributed by atoms with Gasteiger partial charge >= 0.3 is 213 Å². The van der Waals surface area contributed by atoms with E-state index in [-0.39, 0.29) is 0 Å². The van der Waals surface area contributed by atoms with Gasteiger partial charge in [0.1, 0.15) is 0 Å². The Labute approximate surface area is 211 Å². The molecule has 0 heterocycles. The summed E-state index contributed by atoms with van der Waals surface area (Å²) in [6.45, 7) is 0. The molecule has 0 atom stereocenters. The zero-order valence-electron chi connectivity index (χ0n) is 16.7. The van der Waals surface area contributed by atoms with Crippen LogP contribution < -0.4 is 15.9 Å². The predicted molar refractivity (Wildman–Crippen MR) is 155 cm³/mol. The maximum atomic E-state index is 6.08. The van der Waals surface area contributed by atoms with Crippen LogP contribution in [0.25, 0.3) is 0 Å². The fourth-order valence-corrected chi connectivity index (χ4v) is 15.4. The fraction of sp³-hybridized carbons (Fsp3) is 0.0385. The number of hydrogen-bond donors (Lipinski definition) is 0. The van der Waals surface area contributed by atoms with Gasteiger partial charge < -0.3 is 0 Å². The molecule has 4 rings (SSSR count). The average molecular weight is 591 g/mol. The summed E-state index contributed by atoms with van der Waals surface area (Å²) in [5.74, 6) is 0. The summed E-state index contributed by atoms with van der Waals surface area (Å²) in [6.07, 6.45) is 0. The summed E-state index contributed by atoms with van der Waals surface area (Å²) < 4.78 is -1.93. The summed E-state index contributed by atoms with van der Waals surface area (Å²) in [5.41, 5.74) is 1.92. The van der Waals surface area contributed by atoms with Gasteiger partial charge in [-0.05, 0) is 0 Å². The first-order valence-corrected chi connectivity index (χ1v) is 16.8. The molecule has 0 amide bonds. The van der Waals surface area contributed by atoms with Crippen LogP contribution in [0.15, 0.2) is 115 Å². The van der Waals surface area contributed by atoms with Crippen LogP contribution in [0.5, 0.6) is 0 Å². The van der Waals surface area contributed by atoms with Gasteiger partial charge in [0.2, 0.25) is 0 Å². The SMILES string of the molecule is S=C(SCP(I)(c1ccccc1)(c1ccccc1)c1ccccc1)c1ccc(Cl)cc1. The third-order valence-corrected chi connectivity index (χ3v) is 20.8. The molecule has 0 spiro atoms. The molecule has 156 valence electrons. The van der Waals surface area contributed by atoms with E-state index < -0.39 is 4.25 Å². The van der Waals surface area contributed by atoms with Crippen LogP contribution in [0.3, 0.4) is 0 Å². The van der Waals surface area contributed by atoms with E-state index in [4.69, 9.17) is 23.8 Å². The van der Waals surface area contributed by atoms with Crippen LogP contribution in [0.1, 0.15) is 5.56 Å². The Hall–Kier alpha value is -1.23. The van der Waals surface area contributed by atoms with Crippen molar-refractivity contribution in [2.24, 2.45) is 0 Å². The molecule has 5 heteroatoms. The first-order valence-electron chi connectivity index (χ1n) is 9.85. The first-order chi connectivity index (χ1) is 15.0. The molecular weight excluding hydrogens is 570 g/mol. The van der Waals surface area contributed by atoms with Crippen molar-refractivity contribution in [1.82, 2.24) is 0 Å². The number of thiocarbonyl (C=S) groups is 1. The Morgan fingerprint density at radius 2 is 1.06 bits per heavy atom. The molecular formula is C26H21ClIPS2. The molecule has 0 unspecified atom stereocenters. The molecule has 0 aliphatic carbocycles.